The molecule has 30 heavy (non-hydrogen) atoms. The quantitative estimate of drug-likeness (QED) is 0.528. The van der Waals surface area contributed by atoms with E-state index in [-0.39, 0.29) is 17.3 Å². The number of aromatic amines is 1. The second-order valence-corrected chi connectivity index (χ2v) is 7.20. The molecular weight excluding hydrogens is 384 g/mol. The summed E-state index contributed by atoms with van der Waals surface area (Å²) in [7, 11) is 1.59. The summed E-state index contributed by atoms with van der Waals surface area (Å²) in [4.78, 5) is 25.2. The predicted octanol–water partition coefficient (Wildman–Crippen LogP) is 2.94. The topological polar surface area (TPSA) is 114 Å². The van der Waals surface area contributed by atoms with Crippen LogP contribution in [0.15, 0.2) is 36.5 Å². The minimum atomic E-state index is -0.412. The second kappa shape index (κ2) is 9.25. The highest BCUT2D eigenvalue weighted by Gasteiger charge is 2.20. The Kier molecular flexibility index (Phi) is 6.51. The number of hydrogen-bond acceptors (Lipinski definition) is 5. The molecule has 9 heteroatoms. The zero-order chi connectivity index (χ0) is 21.7. The summed E-state index contributed by atoms with van der Waals surface area (Å²) in [5.41, 5.74) is 2.22. The van der Waals surface area contributed by atoms with E-state index in [4.69, 9.17) is 4.74 Å². The highest BCUT2D eigenvalue weighted by atomic mass is 16.5. The van der Waals surface area contributed by atoms with Crippen LogP contribution in [0.5, 0.6) is 5.75 Å². The average Bonchev–Trinajstić information content (AvgIpc) is 3.39. The summed E-state index contributed by atoms with van der Waals surface area (Å²) < 4.78 is 6.83. The molecule has 0 radical (unpaired) electrons. The Labute approximate surface area is 174 Å². The lowest BCUT2D eigenvalue weighted by Crippen LogP contribution is -2.28. The molecule has 2 heterocycles. The predicted molar refractivity (Wildman–Crippen MR) is 114 cm³/mol. The third kappa shape index (κ3) is 4.86. The van der Waals surface area contributed by atoms with Crippen LogP contribution in [-0.4, -0.2) is 45.4 Å². The molecule has 158 valence electrons. The molecule has 0 aliphatic heterocycles. The Bertz CT molecular complexity index is 1040. The molecule has 3 aromatic rings. The van der Waals surface area contributed by atoms with Crippen molar-refractivity contribution in [3.63, 3.8) is 0 Å². The van der Waals surface area contributed by atoms with Crippen LogP contribution in [0, 0.1) is 5.92 Å². The van der Waals surface area contributed by atoms with Crippen LogP contribution in [0.1, 0.15) is 41.7 Å². The van der Waals surface area contributed by atoms with Crippen LogP contribution in [0.25, 0.3) is 11.3 Å². The maximum atomic E-state index is 12.7. The number of H-pyrrole nitrogens is 1. The Hall–Kier alpha value is -3.62. The number of aryl methyl sites for hydroxylation is 1. The average molecular weight is 410 g/mol. The van der Waals surface area contributed by atoms with Gasteiger partial charge < -0.3 is 15.4 Å². The van der Waals surface area contributed by atoms with E-state index >= 15 is 0 Å². The van der Waals surface area contributed by atoms with Gasteiger partial charge in [0.1, 0.15) is 11.4 Å². The van der Waals surface area contributed by atoms with E-state index in [0.717, 1.165) is 5.56 Å². The number of carbonyl (C=O) groups excluding carboxylic acids is 2. The molecular formula is C21H26N6O3. The maximum absolute atomic E-state index is 12.7. The van der Waals surface area contributed by atoms with Crippen LogP contribution in [0.4, 0.5) is 5.69 Å². The number of aromatic nitrogens is 4. The molecule has 0 unspecified atom stereocenters. The number of methoxy groups -OCH3 is 1. The van der Waals surface area contributed by atoms with E-state index < -0.39 is 5.91 Å². The number of ether oxygens (including phenoxy) is 1. The third-order valence-electron chi connectivity index (χ3n) is 4.41. The van der Waals surface area contributed by atoms with Gasteiger partial charge >= 0.3 is 0 Å². The first-order chi connectivity index (χ1) is 14.4. The molecule has 0 aliphatic carbocycles. The monoisotopic (exact) mass is 410 g/mol. The van der Waals surface area contributed by atoms with E-state index in [1.165, 1.54) is 0 Å². The zero-order valence-electron chi connectivity index (χ0n) is 17.5. The normalized spacial score (nSPS) is 10.8. The van der Waals surface area contributed by atoms with Gasteiger partial charge in [0.15, 0.2) is 5.69 Å². The molecule has 0 spiro atoms. The van der Waals surface area contributed by atoms with Crippen LogP contribution in [0.2, 0.25) is 0 Å². The van der Waals surface area contributed by atoms with Gasteiger partial charge in [-0.1, -0.05) is 26.0 Å². The lowest BCUT2D eigenvalue weighted by molar-refractivity contribution is 0.0944. The summed E-state index contributed by atoms with van der Waals surface area (Å²) in [6.07, 6.45) is 1.64. The number of anilines is 1. The summed E-state index contributed by atoms with van der Waals surface area (Å²) in [6, 6.07) is 9.04. The fourth-order valence-corrected chi connectivity index (χ4v) is 2.78. The Morgan fingerprint density at radius 3 is 2.73 bits per heavy atom. The van der Waals surface area contributed by atoms with Crippen molar-refractivity contribution < 1.29 is 14.3 Å². The summed E-state index contributed by atoms with van der Waals surface area (Å²) in [5, 5.41) is 16.8. The second-order valence-electron chi connectivity index (χ2n) is 7.20. The Balaban J connectivity index is 1.78. The molecule has 0 aliphatic rings. The van der Waals surface area contributed by atoms with Gasteiger partial charge in [-0.2, -0.15) is 10.2 Å². The largest absolute Gasteiger partial charge is 0.497 e. The minimum Gasteiger partial charge on any atom is -0.497 e. The molecule has 1 aromatic carbocycles. The lowest BCUT2D eigenvalue weighted by atomic mass is 10.1. The molecule has 0 bridgehead atoms. The molecule has 2 amide bonds. The summed E-state index contributed by atoms with van der Waals surface area (Å²) in [6.45, 7) is 7.02. The summed E-state index contributed by atoms with van der Waals surface area (Å²) in [5.74, 6) is 0.267. The van der Waals surface area contributed by atoms with Crippen molar-refractivity contribution >= 4 is 17.5 Å². The fraction of sp³-hybridized carbons (Fsp3) is 0.333. The van der Waals surface area contributed by atoms with Crippen molar-refractivity contribution in [3.8, 4) is 17.0 Å². The molecule has 3 rings (SSSR count). The minimum absolute atomic E-state index is 0.179. The third-order valence-corrected chi connectivity index (χ3v) is 4.41. The van der Waals surface area contributed by atoms with Gasteiger partial charge in [0.25, 0.3) is 11.8 Å². The molecule has 0 fully saturated rings. The number of hydrogen-bond donors (Lipinski definition) is 3. The van der Waals surface area contributed by atoms with Gasteiger partial charge in [-0.3, -0.25) is 19.4 Å². The molecule has 0 atom stereocenters. The Morgan fingerprint density at radius 1 is 1.23 bits per heavy atom. The lowest BCUT2D eigenvalue weighted by Gasteiger charge is -2.07. The first-order valence-electron chi connectivity index (χ1n) is 9.78. The van der Waals surface area contributed by atoms with Crippen molar-refractivity contribution in [3.05, 3.63) is 47.9 Å². The smallest absolute Gasteiger partial charge is 0.273 e. The van der Waals surface area contributed by atoms with E-state index in [0.29, 0.717) is 36.1 Å². The van der Waals surface area contributed by atoms with Gasteiger partial charge in [0.05, 0.1) is 18.5 Å². The number of carbonyl (C=O) groups is 2. The zero-order valence-corrected chi connectivity index (χ0v) is 17.5. The van der Waals surface area contributed by atoms with Gasteiger partial charge in [-0.05, 0) is 31.0 Å². The number of amides is 2. The van der Waals surface area contributed by atoms with E-state index in [1.54, 1.807) is 24.1 Å². The first-order valence-corrected chi connectivity index (χ1v) is 9.78. The number of nitrogens with one attached hydrogen (secondary N) is 3. The standard InChI is InChI=1S/C21H26N6O3/c1-5-27-12-18(19(26-27)21(29)22-11-13(2)3)23-20(28)17-10-16(24-25-17)14-7-6-8-15(9-14)30-4/h6-10,12-13H,5,11H2,1-4H3,(H,22,29)(H,23,28)(H,24,25). The van der Waals surface area contributed by atoms with E-state index in [2.05, 4.69) is 25.9 Å². The molecule has 0 saturated heterocycles. The van der Waals surface area contributed by atoms with Crippen LogP contribution < -0.4 is 15.4 Å². The number of nitrogens with zero attached hydrogens (tertiary/aromatic N) is 3. The number of benzene rings is 1. The molecule has 9 nitrogen and oxygen atoms in total. The van der Waals surface area contributed by atoms with Gasteiger partial charge in [-0.15, -0.1) is 0 Å². The van der Waals surface area contributed by atoms with E-state index in [9.17, 15) is 9.59 Å². The Morgan fingerprint density at radius 2 is 2.03 bits per heavy atom. The van der Waals surface area contributed by atoms with Crippen molar-refractivity contribution in [2.75, 3.05) is 19.0 Å². The molecule has 0 saturated carbocycles. The van der Waals surface area contributed by atoms with Gasteiger partial charge in [0, 0.05) is 24.8 Å². The number of rotatable bonds is 8. The van der Waals surface area contributed by atoms with Crippen molar-refractivity contribution in [1.82, 2.24) is 25.3 Å². The van der Waals surface area contributed by atoms with Gasteiger partial charge in [0.2, 0.25) is 0 Å². The van der Waals surface area contributed by atoms with Gasteiger partial charge in [-0.25, -0.2) is 0 Å². The van der Waals surface area contributed by atoms with Crippen molar-refractivity contribution in [1.29, 1.82) is 0 Å². The first kappa shape index (κ1) is 21.1. The highest BCUT2D eigenvalue weighted by Crippen LogP contribution is 2.23. The van der Waals surface area contributed by atoms with Crippen molar-refractivity contribution in [2.45, 2.75) is 27.3 Å². The van der Waals surface area contributed by atoms with E-state index in [1.807, 2.05) is 45.0 Å². The highest BCUT2D eigenvalue weighted by molar-refractivity contribution is 6.07. The van der Waals surface area contributed by atoms with Crippen molar-refractivity contribution in [2.24, 2.45) is 5.92 Å². The van der Waals surface area contributed by atoms with Crippen LogP contribution in [-0.2, 0) is 6.54 Å². The molecule has 3 N–H and O–H groups in total. The van der Waals surface area contributed by atoms with Crippen LogP contribution >= 0.6 is 0 Å². The SMILES string of the molecule is CCn1cc(NC(=O)c2cc(-c3cccc(OC)c3)n[nH]2)c(C(=O)NCC(C)C)n1. The summed E-state index contributed by atoms with van der Waals surface area (Å²) >= 11 is 0. The molecule has 2 aromatic heterocycles. The maximum Gasteiger partial charge on any atom is 0.273 e. The fourth-order valence-electron chi connectivity index (χ4n) is 2.78. The van der Waals surface area contributed by atoms with Crippen LogP contribution in [0.3, 0.4) is 0 Å².